The van der Waals surface area contributed by atoms with Gasteiger partial charge in [-0.05, 0) is 19.4 Å². The van der Waals surface area contributed by atoms with Gasteiger partial charge in [-0.15, -0.1) is 0 Å². The third-order valence-electron chi connectivity index (χ3n) is 4.58. The van der Waals surface area contributed by atoms with E-state index in [1.807, 2.05) is 31.2 Å². The van der Waals surface area contributed by atoms with Gasteiger partial charge in [0.1, 0.15) is 0 Å². The maximum atomic E-state index is 12.4. The summed E-state index contributed by atoms with van der Waals surface area (Å²) in [7, 11) is 0. The van der Waals surface area contributed by atoms with Crippen molar-refractivity contribution in [2.45, 2.75) is 26.8 Å². The van der Waals surface area contributed by atoms with Crippen LogP contribution in [0, 0.1) is 13.8 Å². The predicted molar refractivity (Wildman–Crippen MR) is 93.0 cm³/mol. The highest BCUT2D eigenvalue weighted by atomic mass is 16.2. The number of nitrogens with zero attached hydrogens (tertiary/aromatic N) is 2. The summed E-state index contributed by atoms with van der Waals surface area (Å²) < 4.78 is 0. The van der Waals surface area contributed by atoms with E-state index in [4.69, 9.17) is 0 Å². The number of hydrogen-bond donors (Lipinski definition) is 2. The number of H-pyrrole nitrogens is 2. The zero-order valence-corrected chi connectivity index (χ0v) is 14.5. The lowest BCUT2D eigenvalue weighted by atomic mass is 10.1. The van der Waals surface area contributed by atoms with Gasteiger partial charge in [0.25, 0.3) is 5.56 Å². The molecular weight excluding hydrogens is 320 g/mol. The number of nitrogens with one attached hydrogen (secondary N) is 2. The second kappa shape index (κ2) is 6.96. The first-order valence-corrected chi connectivity index (χ1v) is 8.31. The zero-order chi connectivity index (χ0) is 18.0. The zero-order valence-electron chi connectivity index (χ0n) is 14.5. The highest BCUT2D eigenvalue weighted by Crippen LogP contribution is 2.12. The largest absolute Gasteiger partial charge is 0.335 e. The quantitative estimate of drug-likeness (QED) is 0.858. The van der Waals surface area contributed by atoms with Gasteiger partial charge in [-0.1, -0.05) is 29.8 Å². The van der Waals surface area contributed by atoms with Crippen LogP contribution in [0.3, 0.4) is 0 Å². The standard InChI is InChI=1S/C18H22N4O3/c1-12-3-5-14(6-4-12)10-21-7-8-22(11-17(21)24)16(23)9-15-13(2)19-20-18(15)25/h3-6H,7-11H2,1-2H3,(H2,19,20,25). The molecule has 0 aliphatic carbocycles. The molecular formula is C18H22N4O3. The SMILES string of the molecule is Cc1ccc(CN2CCN(C(=O)Cc3c(C)[nH][nH]c3=O)CC2=O)cc1. The number of rotatable bonds is 4. The van der Waals surface area contributed by atoms with E-state index in [0.29, 0.717) is 30.9 Å². The molecule has 1 aliphatic rings. The van der Waals surface area contributed by atoms with Gasteiger partial charge in [0.05, 0.1) is 13.0 Å². The van der Waals surface area contributed by atoms with E-state index in [2.05, 4.69) is 10.2 Å². The third-order valence-corrected chi connectivity index (χ3v) is 4.58. The molecule has 0 bridgehead atoms. The van der Waals surface area contributed by atoms with Crippen LogP contribution in [-0.2, 0) is 22.6 Å². The van der Waals surface area contributed by atoms with E-state index in [1.165, 1.54) is 10.5 Å². The van der Waals surface area contributed by atoms with Gasteiger partial charge in [-0.3, -0.25) is 19.5 Å². The van der Waals surface area contributed by atoms with Crippen molar-refractivity contribution in [3.05, 3.63) is 57.0 Å². The fourth-order valence-corrected chi connectivity index (χ4v) is 2.95. The summed E-state index contributed by atoms with van der Waals surface area (Å²) in [6, 6.07) is 8.08. The minimum atomic E-state index is -0.282. The fourth-order valence-electron chi connectivity index (χ4n) is 2.95. The molecule has 1 aromatic carbocycles. The third kappa shape index (κ3) is 3.81. The number of hydrogen-bond acceptors (Lipinski definition) is 3. The Morgan fingerprint density at radius 3 is 2.40 bits per heavy atom. The van der Waals surface area contributed by atoms with E-state index in [-0.39, 0.29) is 30.3 Å². The van der Waals surface area contributed by atoms with Crippen molar-refractivity contribution in [2.75, 3.05) is 19.6 Å². The summed E-state index contributed by atoms with van der Waals surface area (Å²) in [6.07, 6.45) is 0.00983. The minimum Gasteiger partial charge on any atom is -0.335 e. The predicted octanol–water partition coefficient (Wildman–Crippen LogP) is 0.733. The molecule has 132 valence electrons. The average Bonchev–Trinajstić information content (AvgIpc) is 2.90. The number of aryl methyl sites for hydroxylation is 2. The molecule has 0 atom stereocenters. The second-order valence-electron chi connectivity index (χ2n) is 6.48. The van der Waals surface area contributed by atoms with Crippen LogP contribution >= 0.6 is 0 Å². The molecule has 3 rings (SSSR count). The molecule has 7 heteroatoms. The molecule has 0 unspecified atom stereocenters. The van der Waals surface area contributed by atoms with Crippen molar-refractivity contribution in [1.29, 1.82) is 0 Å². The van der Waals surface area contributed by atoms with Crippen LogP contribution in [0.5, 0.6) is 0 Å². The highest BCUT2D eigenvalue weighted by Gasteiger charge is 2.27. The molecule has 7 nitrogen and oxygen atoms in total. The van der Waals surface area contributed by atoms with Gasteiger partial charge in [-0.25, -0.2) is 0 Å². The van der Waals surface area contributed by atoms with Gasteiger partial charge in [0.2, 0.25) is 11.8 Å². The molecule has 0 saturated carbocycles. The monoisotopic (exact) mass is 342 g/mol. The van der Waals surface area contributed by atoms with Crippen molar-refractivity contribution in [2.24, 2.45) is 0 Å². The van der Waals surface area contributed by atoms with E-state index >= 15 is 0 Å². The highest BCUT2D eigenvalue weighted by molar-refractivity contribution is 5.87. The van der Waals surface area contributed by atoms with Crippen molar-refractivity contribution >= 4 is 11.8 Å². The molecule has 2 aromatic rings. The number of benzene rings is 1. The Balaban J connectivity index is 1.59. The summed E-state index contributed by atoms with van der Waals surface area (Å²) in [5, 5.41) is 5.17. The van der Waals surface area contributed by atoms with E-state index in [9.17, 15) is 14.4 Å². The van der Waals surface area contributed by atoms with Crippen molar-refractivity contribution in [3.63, 3.8) is 0 Å². The molecule has 2 amide bonds. The topological polar surface area (TPSA) is 89.3 Å². The number of aromatic amines is 2. The maximum Gasteiger partial charge on any atom is 0.267 e. The second-order valence-corrected chi connectivity index (χ2v) is 6.48. The normalized spacial score (nSPS) is 14.9. The Kier molecular flexibility index (Phi) is 4.74. The molecule has 2 N–H and O–H groups in total. The van der Waals surface area contributed by atoms with Gasteiger partial charge >= 0.3 is 0 Å². The van der Waals surface area contributed by atoms with Crippen LogP contribution < -0.4 is 5.56 Å². The number of aromatic nitrogens is 2. The van der Waals surface area contributed by atoms with Crippen LogP contribution in [0.25, 0.3) is 0 Å². The first kappa shape index (κ1) is 17.0. The first-order chi connectivity index (χ1) is 11.9. The lowest BCUT2D eigenvalue weighted by molar-refractivity contribution is -0.145. The fraction of sp³-hybridized carbons (Fsp3) is 0.389. The van der Waals surface area contributed by atoms with E-state index < -0.39 is 0 Å². The first-order valence-electron chi connectivity index (χ1n) is 8.31. The van der Waals surface area contributed by atoms with Crippen LogP contribution in [0.2, 0.25) is 0 Å². The van der Waals surface area contributed by atoms with Crippen LogP contribution in [-0.4, -0.2) is 51.4 Å². The molecule has 1 aromatic heterocycles. The molecule has 25 heavy (non-hydrogen) atoms. The Hall–Kier alpha value is -2.83. The summed E-state index contributed by atoms with van der Waals surface area (Å²) in [5.41, 5.74) is 3.06. The van der Waals surface area contributed by atoms with Gasteiger partial charge < -0.3 is 14.9 Å². The number of carbonyl (C=O) groups excluding carboxylic acids is 2. The van der Waals surface area contributed by atoms with Crippen molar-refractivity contribution in [3.8, 4) is 0 Å². The van der Waals surface area contributed by atoms with Gasteiger partial charge in [-0.2, -0.15) is 0 Å². The van der Waals surface area contributed by atoms with E-state index in [0.717, 1.165) is 5.56 Å². The number of amides is 2. The lowest BCUT2D eigenvalue weighted by Crippen LogP contribution is -2.52. The van der Waals surface area contributed by atoms with Crippen LogP contribution in [0.4, 0.5) is 0 Å². The molecule has 2 heterocycles. The lowest BCUT2D eigenvalue weighted by Gasteiger charge is -2.34. The summed E-state index contributed by atoms with van der Waals surface area (Å²) in [6.45, 7) is 5.37. The molecule has 0 spiro atoms. The Morgan fingerprint density at radius 2 is 1.80 bits per heavy atom. The van der Waals surface area contributed by atoms with Crippen LogP contribution in [0.15, 0.2) is 29.1 Å². The molecule has 1 saturated heterocycles. The maximum absolute atomic E-state index is 12.4. The number of piperazine rings is 1. The smallest absolute Gasteiger partial charge is 0.267 e. The number of carbonyl (C=O) groups is 2. The van der Waals surface area contributed by atoms with Gasteiger partial charge in [0, 0.05) is 30.9 Å². The van der Waals surface area contributed by atoms with Crippen LogP contribution in [0.1, 0.15) is 22.4 Å². The Labute approximate surface area is 145 Å². The summed E-state index contributed by atoms with van der Waals surface area (Å²) >= 11 is 0. The van der Waals surface area contributed by atoms with Crippen molar-refractivity contribution in [1.82, 2.24) is 20.0 Å². The van der Waals surface area contributed by atoms with Crippen molar-refractivity contribution < 1.29 is 9.59 Å². The van der Waals surface area contributed by atoms with Gasteiger partial charge in [0.15, 0.2) is 0 Å². The Morgan fingerprint density at radius 1 is 1.08 bits per heavy atom. The molecule has 0 radical (unpaired) electrons. The summed E-state index contributed by atoms with van der Waals surface area (Å²) in [5.74, 6) is -0.267. The summed E-state index contributed by atoms with van der Waals surface area (Å²) in [4.78, 5) is 39.7. The molecule has 1 fully saturated rings. The van der Waals surface area contributed by atoms with E-state index in [1.54, 1.807) is 11.8 Å². The Bertz CT molecular complexity index is 835. The average molecular weight is 342 g/mol. The minimum absolute atomic E-state index is 0.00983. The molecule has 1 aliphatic heterocycles.